The number of hydrogen-bond acceptors (Lipinski definition) is 6. The molecule has 222 valence electrons. The molecule has 12 heteroatoms. The summed E-state index contributed by atoms with van der Waals surface area (Å²) >= 11 is 5.86. The van der Waals surface area contributed by atoms with E-state index in [0.717, 1.165) is 6.42 Å². The Morgan fingerprint density at radius 1 is 0.738 bits per heavy atom. The number of ether oxygens (including phenoxy) is 2. The summed E-state index contributed by atoms with van der Waals surface area (Å²) in [6, 6.07) is 14.8. The normalized spacial score (nSPS) is 11.0. The van der Waals surface area contributed by atoms with Crippen molar-refractivity contribution in [1.29, 1.82) is 0 Å². The van der Waals surface area contributed by atoms with Crippen molar-refractivity contribution in [2.75, 3.05) is 22.6 Å². The third kappa shape index (κ3) is 8.78. The number of benzene rings is 3. The van der Waals surface area contributed by atoms with Crippen LogP contribution in [0.15, 0.2) is 48.5 Å². The Kier molecular flexibility index (Phi) is 12.0. The molecule has 3 N–H and O–H groups in total. The van der Waals surface area contributed by atoms with Crippen LogP contribution >= 0.6 is 67.8 Å². The first-order valence-electron chi connectivity index (χ1n) is 12.8. The largest absolute Gasteiger partial charge is 0.457 e. The zero-order chi connectivity index (χ0) is 31.2. The molecule has 0 aliphatic carbocycles. The minimum Gasteiger partial charge on any atom is -0.457 e. The Morgan fingerprint density at radius 2 is 1.21 bits per heavy atom. The Morgan fingerprint density at radius 3 is 1.67 bits per heavy atom. The maximum atomic E-state index is 13.1. The van der Waals surface area contributed by atoms with Crippen molar-refractivity contribution >= 4 is 109 Å². The summed E-state index contributed by atoms with van der Waals surface area (Å²) in [6.45, 7) is 8.71. The Labute approximate surface area is 285 Å². The predicted octanol–water partition coefficient (Wildman–Crippen LogP) is 7.69. The third-order valence-corrected chi connectivity index (χ3v) is 9.59. The molecule has 9 nitrogen and oxygen atoms in total. The molecule has 3 amide bonds. The lowest BCUT2D eigenvalue weighted by Crippen LogP contribution is -2.23. The molecule has 42 heavy (non-hydrogen) atoms. The number of anilines is 3. The molecule has 3 rings (SSSR count). The van der Waals surface area contributed by atoms with E-state index in [1.807, 2.05) is 79.9 Å². The van der Waals surface area contributed by atoms with Gasteiger partial charge in [0.05, 0.1) is 27.6 Å². The van der Waals surface area contributed by atoms with E-state index in [4.69, 9.17) is 9.47 Å². The molecule has 0 spiro atoms. The highest BCUT2D eigenvalue weighted by Crippen LogP contribution is 2.39. The highest BCUT2D eigenvalue weighted by Gasteiger charge is 2.27. The maximum Gasteiger partial charge on any atom is 0.340 e. The lowest BCUT2D eigenvalue weighted by atomic mass is 9.82. The van der Waals surface area contributed by atoms with Gasteiger partial charge in [0.2, 0.25) is 11.8 Å². The van der Waals surface area contributed by atoms with Gasteiger partial charge in [0, 0.05) is 19.5 Å². The first kappa shape index (κ1) is 34.0. The number of carbonyl (C=O) groups is 4. The van der Waals surface area contributed by atoms with Crippen LogP contribution in [0.5, 0.6) is 11.5 Å². The second kappa shape index (κ2) is 14.8. The zero-order valence-corrected chi connectivity index (χ0v) is 30.1. The van der Waals surface area contributed by atoms with Gasteiger partial charge < -0.3 is 25.4 Å². The van der Waals surface area contributed by atoms with Crippen LogP contribution in [0.25, 0.3) is 0 Å². The van der Waals surface area contributed by atoms with E-state index < -0.39 is 18.5 Å². The van der Waals surface area contributed by atoms with E-state index in [1.165, 1.54) is 19.4 Å². The second-order valence-electron chi connectivity index (χ2n) is 9.94. The van der Waals surface area contributed by atoms with Crippen molar-refractivity contribution in [3.8, 4) is 11.5 Å². The van der Waals surface area contributed by atoms with Crippen molar-refractivity contribution in [2.24, 2.45) is 0 Å². The van der Waals surface area contributed by atoms with Crippen LogP contribution in [0.2, 0.25) is 0 Å². The van der Waals surface area contributed by atoms with Crippen molar-refractivity contribution < 1.29 is 28.7 Å². The van der Waals surface area contributed by atoms with Crippen LogP contribution in [0.3, 0.4) is 0 Å². The van der Waals surface area contributed by atoms with E-state index in [-0.39, 0.29) is 22.8 Å². The van der Waals surface area contributed by atoms with E-state index in [9.17, 15) is 19.2 Å². The van der Waals surface area contributed by atoms with Crippen LogP contribution in [0, 0.1) is 10.7 Å². The van der Waals surface area contributed by atoms with Crippen LogP contribution in [-0.2, 0) is 24.5 Å². The fraction of sp³-hybridized carbons (Fsp3) is 0.267. The molecule has 0 aliphatic heterocycles. The number of nitrogens with one attached hydrogen (secondary N) is 3. The topological polar surface area (TPSA) is 123 Å². The van der Waals surface area contributed by atoms with E-state index in [1.54, 1.807) is 24.3 Å². The SMILES string of the molecule is CCC(C)(C)c1ccc(Oc2ccc(NC(=O)COC(=O)c3c(I)c(NC(C)=O)c(I)c(NC(C)=O)c3I)cc2)cc1. The first-order chi connectivity index (χ1) is 19.7. The van der Waals surface area contributed by atoms with Gasteiger partial charge in [0.15, 0.2) is 6.61 Å². The average Bonchev–Trinajstić information content (AvgIpc) is 2.93. The number of rotatable bonds is 10. The summed E-state index contributed by atoms with van der Waals surface area (Å²) in [6.07, 6.45) is 1.03. The van der Waals surface area contributed by atoms with E-state index >= 15 is 0 Å². The number of amides is 3. The van der Waals surface area contributed by atoms with E-state index in [0.29, 0.717) is 39.3 Å². The highest BCUT2D eigenvalue weighted by molar-refractivity contribution is 14.1. The summed E-state index contributed by atoms with van der Waals surface area (Å²) in [5, 5.41) is 8.09. The van der Waals surface area contributed by atoms with Gasteiger partial charge in [-0.2, -0.15) is 0 Å². The first-order valence-corrected chi connectivity index (χ1v) is 16.1. The van der Waals surface area contributed by atoms with Crippen molar-refractivity contribution in [1.82, 2.24) is 0 Å². The van der Waals surface area contributed by atoms with Crippen LogP contribution in [-0.4, -0.2) is 30.3 Å². The van der Waals surface area contributed by atoms with Crippen molar-refractivity contribution in [2.45, 2.75) is 46.5 Å². The van der Waals surface area contributed by atoms with Gasteiger partial charge in [-0.05, 0) is 122 Å². The van der Waals surface area contributed by atoms with Gasteiger partial charge in [-0.25, -0.2) is 4.79 Å². The molecule has 0 heterocycles. The summed E-state index contributed by atoms with van der Waals surface area (Å²) in [5.41, 5.74) is 2.70. The molecule has 0 unspecified atom stereocenters. The minimum atomic E-state index is -0.773. The smallest absolute Gasteiger partial charge is 0.340 e. The number of hydrogen-bond donors (Lipinski definition) is 3. The molecule has 3 aromatic rings. The van der Waals surface area contributed by atoms with Crippen LogP contribution in [0.1, 0.15) is 57.0 Å². The van der Waals surface area contributed by atoms with Gasteiger partial charge in [0.1, 0.15) is 11.5 Å². The molecule has 3 aromatic carbocycles. The molecule has 0 bridgehead atoms. The number of halogens is 3. The van der Waals surface area contributed by atoms with Crippen LogP contribution < -0.4 is 20.7 Å². The van der Waals surface area contributed by atoms with Gasteiger partial charge in [-0.1, -0.05) is 32.9 Å². The average molecular weight is 909 g/mol. The lowest BCUT2D eigenvalue weighted by molar-refractivity contribution is -0.119. The lowest BCUT2D eigenvalue weighted by Gasteiger charge is -2.23. The number of esters is 1. The van der Waals surface area contributed by atoms with Gasteiger partial charge in [0.25, 0.3) is 5.91 Å². The zero-order valence-electron chi connectivity index (χ0n) is 23.6. The fourth-order valence-electron chi connectivity index (χ4n) is 3.74. The molecule has 0 aliphatic rings. The summed E-state index contributed by atoms with van der Waals surface area (Å²) in [4.78, 5) is 49.2. The molecular weight excluding hydrogens is 879 g/mol. The Balaban J connectivity index is 1.66. The second-order valence-corrected chi connectivity index (χ2v) is 13.2. The van der Waals surface area contributed by atoms with Crippen LogP contribution in [0.4, 0.5) is 17.1 Å². The Hall–Kier alpha value is -2.47. The molecule has 0 saturated carbocycles. The monoisotopic (exact) mass is 909 g/mol. The minimum absolute atomic E-state index is 0.0920. The molecule has 0 radical (unpaired) electrons. The maximum absolute atomic E-state index is 13.1. The predicted molar refractivity (Wildman–Crippen MR) is 188 cm³/mol. The quantitative estimate of drug-likeness (QED) is 0.142. The summed E-state index contributed by atoms with van der Waals surface area (Å²) in [5.74, 6) is -0.682. The van der Waals surface area contributed by atoms with Gasteiger partial charge in [-0.3, -0.25) is 14.4 Å². The number of carbonyl (C=O) groups excluding carboxylic acids is 4. The van der Waals surface area contributed by atoms with Gasteiger partial charge >= 0.3 is 5.97 Å². The molecule has 0 atom stereocenters. The molecular formula is C30H30I3N3O6. The summed E-state index contributed by atoms with van der Waals surface area (Å²) in [7, 11) is 0. The van der Waals surface area contributed by atoms with Gasteiger partial charge in [-0.15, -0.1) is 0 Å². The Bertz CT molecular complexity index is 1460. The standard InChI is InChI=1S/C30H30I3N3O6/c1-6-30(4,5)18-7-11-20(12-8-18)42-21-13-9-19(10-14-21)36-22(39)15-41-29(40)23-24(31)27(34-16(2)37)26(33)28(25(23)32)35-17(3)38/h7-14H,6,15H2,1-5H3,(H,34,37)(H,35,38)(H,36,39). The molecule has 0 aromatic heterocycles. The van der Waals surface area contributed by atoms with E-state index in [2.05, 4.69) is 48.9 Å². The summed E-state index contributed by atoms with van der Waals surface area (Å²) < 4.78 is 12.7. The highest BCUT2D eigenvalue weighted by atomic mass is 127. The van der Waals surface area contributed by atoms with Crippen molar-refractivity contribution in [3.05, 3.63) is 70.4 Å². The fourth-order valence-corrected chi connectivity index (χ4v) is 7.88. The molecule has 0 fully saturated rings. The molecule has 0 saturated heterocycles. The third-order valence-electron chi connectivity index (χ3n) is 6.35. The van der Waals surface area contributed by atoms with Crippen molar-refractivity contribution in [3.63, 3.8) is 0 Å².